The van der Waals surface area contributed by atoms with E-state index in [4.69, 9.17) is 10.5 Å². The highest BCUT2D eigenvalue weighted by atomic mass is 16.5. The first-order valence-corrected chi connectivity index (χ1v) is 6.22. The fourth-order valence-corrected chi connectivity index (χ4v) is 2.13. The van der Waals surface area contributed by atoms with Gasteiger partial charge in [0, 0.05) is 44.0 Å². The van der Waals surface area contributed by atoms with E-state index in [-0.39, 0.29) is 0 Å². The van der Waals surface area contributed by atoms with Gasteiger partial charge < -0.3 is 10.5 Å². The highest BCUT2D eigenvalue weighted by Crippen LogP contribution is 2.07. The third-order valence-electron chi connectivity index (χ3n) is 3.16. The van der Waals surface area contributed by atoms with Crippen LogP contribution in [0.5, 0.6) is 0 Å². The predicted octanol–water partition coefficient (Wildman–Crippen LogP) is 0.186. The van der Waals surface area contributed by atoms with Crippen LogP contribution >= 0.6 is 0 Å². The Labute approximate surface area is 105 Å². The molecule has 2 aromatic heterocycles. The second-order valence-corrected chi connectivity index (χ2v) is 4.49. The van der Waals surface area contributed by atoms with Crippen molar-refractivity contribution in [2.75, 3.05) is 38.6 Å². The van der Waals surface area contributed by atoms with Crippen molar-refractivity contribution >= 4 is 11.3 Å². The second-order valence-electron chi connectivity index (χ2n) is 4.49. The number of hydrogen-bond acceptors (Lipinski definition) is 5. The van der Waals surface area contributed by atoms with E-state index in [1.54, 1.807) is 4.52 Å². The summed E-state index contributed by atoms with van der Waals surface area (Å²) < 4.78 is 7.09. The minimum Gasteiger partial charge on any atom is -0.399 e. The lowest BCUT2D eigenvalue weighted by molar-refractivity contribution is 0.0382. The Hall–Kier alpha value is -1.66. The Morgan fingerprint density at radius 2 is 2.17 bits per heavy atom. The van der Waals surface area contributed by atoms with Gasteiger partial charge in [-0.2, -0.15) is 5.10 Å². The number of anilines is 1. The first kappa shape index (κ1) is 11.4. The molecule has 3 heterocycles. The topological polar surface area (TPSA) is 68.7 Å². The first-order chi connectivity index (χ1) is 8.81. The van der Waals surface area contributed by atoms with E-state index in [1.165, 1.54) is 0 Å². The standard InChI is InChI=1S/C12H17N5O/c13-10-1-4-17-12(9-10)14-11(15-17)2-3-16-5-7-18-8-6-16/h1,4,9H,2-3,5-8,13H2. The summed E-state index contributed by atoms with van der Waals surface area (Å²) in [4.78, 5) is 6.85. The van der Waals surface area contributed by atoms with Crippen LogP contribution in [0.4, 0.5) is 5.69 Å². The van der Waals surface area contributed by atoms with E-state index in [0.717, 1.165) is 56.4 Å². The van der Waals surface area contributed by atoms with Crippen LogP contribution in [0.1, 0.15) is 5.82 Å². The van der Waals surface area contributed by atoms with Crippen LogP contribution < -0.4 is 5.73 Å². The maximum atomic E-state index is 5.72. The van der Waals surface area contributed by atoms with E-state index in [0.29, 0.717) is 0 Å². The van der Waals surface area contributed by atoms with Crippen molar-refractivity contribution in [2.24, 2.45) is 0 Å². The average molecular weight is 247 g/mol. The second kappa shape index (κ2) is 4.91. The minimum atomic E-state index is 0.717. The van der Waals surface area contributed by atoms with Gasteiger partial charge in [0.15, 0.2) is 11.5 Å². The number of aromatic nitrogens is 3. The molecule has 1 saturated heterocycles. The molecule has 0 spiro atoms. The molecule has 1 aliphatic rings. The van der Waals surface area contributed by atoms with Gasteiger partial charge in [-0.15, -0.1) is 0 Å². The Bertz CT molecular complexity index is 532. The predicted molar refractivity (Wildman–Crippen MR) is 68.4 cm³/mol. The molecule has 0 unspecified atom stereocenters. The molecule has 0 aliphatic carbocycles. The number of ether oxygens (including phenoxy) is 1. The van der Waals surface area contributed by atoms with E-state index in [1.807, 2.05) is 18.3 Å². The van der Waals surface area contributed by atoms with Gasteiger partial charge in [0.05, 0.1) is 13.2 Å². The van der Waals surface area contributed by atoms with Crippen LogP contribution in [0, 0.1) is 0 Å². The smallest absolute Gasteiger partial charge is 0.157 e. The number of fused-ring (bicyclic) bond motifs is 1. The zero-order chi connectivity index (χ0) is 12.4. The number of hydrogen-bond donors (Lipinski definition) is 1. The molecule has 0 radical (unpaired) electrons. The average Bonchev–Trinajstić information content (AvgIpc) is 2.79. The summed E-state index contributed by atoms with van der Waals surface area (Å²) in [5.41, 5.74) is 7.25. The number of nitrogen functional groups attached to an aromatic ring is 1. The number of rotatable bonds is 3. The fraction of sp³-hybridized carbons (Fsp3) is 0.500. The minimum absolute atomic E-state index is 0.717. The van der Waals surface area contributed by atoms with Crippen molar-refractivity contribution in [3.63, 3.8) is 0 Å². The van der Waals surface area contributed by atoms with Crippen LogP contribution in [0.25, 0.3) is 5.65 Å². The summed E-state index contributed by atoms with van der Waals surface area (Å²) in [6, 6.07) is 3.67. The van der Waals surface area contributed by atoms with Gasteiger partial charge in [-0.25, -0.2) is 9.50 Å². The molecule has 18 heavy (non-hydrogen) atoms. The van der Waals surface area contributed by atoms with Gasteiger partial charge in [-0.1, -0.05) is 0 Å². The molecule has 6 nitrogen and oxygen atoms in total. The molecule has 1 fully saturated rings. The van der Waals surface area contributed by atoms with Crippen molar-refractivity contribution in [1.29, 1.82) is 0 Å². The summed E-state index contributed by atoms with van der Waals surface area (Å²) in [5, 5.41) is 4.43. The highest BCUT2D eigenvalue weighted by molar-refractivity contribution is 5.50. The highest BCUT2D eigenvalue weighted by Gasteiger charge is 2.11. The SMILES string of the molecule is Nc1ccn2nc(CCN3CCOCC3)nc2c1. The summed E-state index contributed by atoms with van der Waals surface area (Å²) >= 11 is 0. The maximum Gasteiger partial charge on any atom is 0.157 e. The molecule has 0 saturated carbocycles. The maximum absolute atomic E-state index is 5.72. The number of pyridine rings is 1. The molecule has 0 aromatic carbocycles. The van der Waals surface area contributed by atoms with Gasteiger partial charge in [0.2, 0.25) is 0 Å². The molecule has 96 valence electrons. The Morgan fingerprint density at radius 1 is 1.33 bits per heavy atom. The van der Waals surface area contributed by atoms with Gasteiger partial charge in [0.1, 0.15) is 0 Å². The number of morpholine rings is 1. The molecular formula is C12H17N5O. The van der Waals surface area contributed by atoms with Crippen LogP contribution in [0.2, 0.25) is 0 Å². The van der Waals surface area contributed by atoms with Gasteiger partial charge in [-0.3, -0.25) is 4.90 Å². The lowest BCUT2D eigenvalue weighted by Gasteiger charge is -2.25. The molecule has 2 aromatic rings. The van der Waals surface area contributed by atoms with Crippen LogP contribution in [0.15, 0.2) is 18.3 Å². The largest absolute Gasteiger partial charge is 0.399 e. The van der Waals surface area contributed by atoms with E-state index >= 15 is 0 Å². The quantitative estimate of drug-likeness (QED) is 0.838. The molecule has 1 aliphatic heterocycles. The van der Waals surface area contributed by atoms with Gasteiger partial charge in [-0.05, 0) is 6.07 Å². The van der Waals surface area contributed by atoms with E-state index < -0.39 is 0 Å². The number of nitrogens with two attached hydrogens (primary N) is 1. The Kier molecular flexibility index (Phi) is 3.12. The molecule has 6 heteroatoms. The normalized spacial score (nSPS) is 17.3. The molecule has 0 bridgehead atoms. The number of nitrogens with zero attached hydrogens (tertiary/aromatic N) is 4. The van der Waals surface area contributed by atoms with Crippen LogP contribution in [-0.4, -0.2) is 52.3 Å². The monoisotopic (exact) mass is 247 g/mol. The van der Waals surface area contributed by atoms with Crippen molar-refractivity contribution in [1.82, 2.24) is 19.5 Å². The van der Waals surface area contributed by atoms with Crippen molar-refractivity contribution in [3.05, 3.63) is 24.2 Å². The lowest BCUT2D eigenvalue weighted by atomic mass is 10.3. The van der Waals surface area contributed by atoms with Gasteiger partial charge in [0.25, 0.3) is 0 Å². The third kappa shape index (κ3) is 2.44. The van der Waals surface area contributed by atoms with Gasteiger partial charge >= 0.3 is 0 Å². The van der Waals surface area contributed by atoms with Crippen molar-refractivity contribution < 1.29 is 4.74 Å². The lowest BCUT2D eigenvalue weighted by Crippen LogP contribution is -2.37. The Balaban J connectivity index is 1.67. The fourth-order valence-electron chi connectivity index (χ4n) is 2.13. The molecule has 0 amide bonds. The first-order valence-electron chi connectivity index (χ1n) is 6.22. The Morgan fingerprint density at radius 3 is 3.00 bits per heavy atom. The zero-order valence-corrected chi connectivity index (χ0v) is 10.2. The molecule has 0 atom stereocenters. The third-order valence-corrected chi connectivity index (χ3v) is 3.16. The summed E-state index contributed by atoms with van der Waals surface area (Å²) in [5.74, 6) is 0.868. The van der Waals surface area contributed by atoms with Crippen molar-refractivity contribution in [3.8, 4) is 0 Å². The van der Waals surface area contributed by atoms with E-state index in [2.05, 4.69) is 15.0 Å². The zero-order valence-electron chi connectivity index (χ0n) is 10.2. The van der Waals surface area contributed by atoms with Crippen LogP contribution in [0.3, 0.4) is 0 Å². The van der Waals surface area contributed by atoms with E-state index in [9.17, 15) is 0 Å². The molecular weight excluding hydrogens is 230 g/mol. The molecule has 3 rings (SSSR count). The van der Waals surface area contributed by atoms with Crippen LogP contribution in [-0.2, 0) is 11.2 Å². The summed E-state index contributed by atoms with van der Waals surface area (Å²) in [6.45, 7) is 4.64. The summed E-state index contributed by atoms with van der Waals surface area (Å²) in [6.07, 6.45) is 2.71. The molecule has 2 N–H and O–H groups in total. The summed E-state index contributed by atoms with van der Waals surface area (Å²) in [7, 11) is 0. The van der Waals surface area contributed by atoms with Crippen molar-refractivity contribution in [2.45, 2.75) is 6.42 Å².